The molecule has 0 aliphatic carbocycles. The molecular formula is C22H28ClFN2O2. The highest BCUT2D eigenvalue weighted by Crippen LogP contribution is 2.18. The molecule has 1 saturated heterocycles. The van der Waals surface area contributed by atoms with Gasteiger partial charge in [0.2, 0.25) is 5.91 Å². The Morgan fingerprint density at radius 2 is 1.86 bits per heavy atom. The fraction of sp³-hybridized carbons (Fsp3) is 0.409. The van der Waals surface area contributed by atoms with Gasteiger partial charge in [0.25, 0.3) is 0 Å². The van der Waals surface area contributed by atoms with E-state index in [1.54, 1.807) is 6.07 Å². The number of piperidine rings is 1. The standard InChI is InChI=1S/C22H27FN2O2.ClH/c23-20-3-1-2-19(14-20)16-27-21-7-4-18(5-8-21)15-25-22(26)9-6-17-10-12-24-13-11-17;/h1-5,7-8,14,17,24H,6,9-13,15-16H2,(H,25,26);1H. The first-order chi connectivity index (χ1) is 13.2. The SMILES string of the molecule is Cl.O=C(CCC1CCNCC1)NCc1ccc(OCc2cccc(F)c2)cc1. The normalized spacial score (nSPS) is 14.2. The maximum absolute atomic E-state index is 13.2. The second-order valence-corrected chi connectivity index (χ2v) is 7.07. The molecule has 1 amide bonds. The molecule has 0 radical (unpaired) electrons. The number of benzene rings is 2. The lowest BCUT2D eigenvalue weighted by Crippen LogP contribution is -2.29. The van der Waals surface area contributed by atoms with Crippen molar-refractivity contribution in [3.63, 3.8) is 0 Å². The zero-order chi connectivity index (χ0) is 18.9. The van der Waals surface area contributed by atoms with E-state index in [0.29, 0.717) is 25.5 Å². The second-order valence-electron chi connectivity index (χ2n) is 7.07. The van der Waals surface area contributed by atoms with Crippen molar-refractivity contribution in [3.8, 4) is 5.75 Å². The molecule has 0 saturated carbocycles. The number of nitrogens with one attached hydrogen (secondary N) is 2. The molecule has 2 aromatic carbocycles. The van der Waals surface area contributed by atoms with E-state index in [2.05, 4.69) is 10.6 Å². The first-order valence-electron chi connectivity index (χ1n) is 9.62. The Morgan fingerprint density at radius 3 is 2.57 bits per heavy atom. The number of hydrogen-bond acceptors (Lipinski definition) is 3. The number of rotatable bonds is 8. The Balaban J connectivity index is 0.00000280. The van der Waals surface area contributed by atoms with Crippen LogP contribution in [0.4, 0.5) is 4.39 Å². The number of hydrogen-bond donors (Lipinski definition) is 2. The van der Waals surface area contributed by atoms with Gasteiger partial charge in [-0.05, 0) is 73.7 Å². The lowest BCUT2D eigenvalue weighted by molar-refractivity contribution is -0.121. The summed E-state index contributed by atoms with van der Waals surface area (Å²) in [4.78, 5) is 12.0. The van der Waals surface area contributed by atoms with Crippen LogP contribution in [0.2, 0.25) is 0 Å². The molecule has 0 unspecified atom stereocenters. The molecule has 2 aromatic rings. The van der Waals surface area contributed by atoms with E-state index >= 15 is 0 Å². The average Bonchev–Trinajstić information content (AvgIpc) is 2.71. The molecule has 28 heavy (non-hydrogen) atoms. The summed E-state index contributed by atoms with van der Waals surface area (Å²) in [7, 11) is 0. The molecule has 152 valence electrons. The molecule has 0 atom stereocenters. The predicted octanol–water partition coefficient (Wildman–Crippen LogP) is 4.22. The summed E-state index contributed by atoms with van der Waals surface area (Å²) >= 11 is 0. The van der Waals surface area contributed by atoms with Gasteiger partial charge >= 0.3 is 0 Å². The van der Waals surface area contributed by atoms with E-state index in [1.807, 2.05) is 30.3 Å². The smallest absolute Gasteiger partial charge is 0.220 e. The molecule has 1 aliphatic rings. The first kappa shape index (κ1) is 22.2. The maximum Gasteiger partial charge on any atom is 0.220 e. The molecule has 2 N–H and O–H groups in total. The largest absolute Gasteiger partial charge is 0.489 e. The zero-order valence-corrected chi connectivity index (χ0v) is 16.8. The fourth-order valence-electron chi connectivity index (χ4n) is 3.29. The van der Waals surface area contributed by atoms with Crippen molar-refractivity contribution in [2.45, 2.75) is 38.8 Å². The Labute approximate surface area is 172 Å². The number of carbonyl (C=O) groups is 1. The van der Waals surface area contributed by atoms with Gasteiger partial charge in [0, 0.05) is 13.0 Å². The topological polar surface area (TPSA) is 50.4 Å². The van der Waals surface area contributed by atoms with Crippen LogP contribution in [0.3, 0.4) is 0 Å². The minimum atomic E-state index is -0.262. The summed E-state index contributed by atoms with van der Waals surface area (Å²) in [6, 6.07) is 14.0. The van der Waals surface area contributed by atoms with Gasteiger partial charge in [-0.1, -0.05) is 24.3 Å². The minimum Gasteiger partial charge on any atom is -0.489 e. The molecule has 0 bridgehead atoms. The number of ether oxygens (including phenoxy) is 1. The molecule has 0 spiro atoms. The highest BCUT2D eigenvalue weighted by molar-refractivity contribution is 5.85. The van der Waals surface area contributed by atoms with Crippen LogP contribution >= 0.6 is 12.4 Å². The maximum atomic E-state index is 13.2. The van der Waals surface area contributed by atoms with Crippen molar-refractivity contribution in [3.05, 3.63) is 65.5 Å². The van der Waals surface area contributed by atoms with Crippen LogP contribution in [-0.4, -0.2) is 19.0 Å². The quantitative estimate of drug-likeness (QED) is 0.690. The number of amides is 1. The third-order valence-corrected chi connectivity index (χ3v) is 4.95. The fourth-order valence-corrected chi connectivity index (χ4v) is 3.29. The van der Waals surface area contributed by atoms with Gasteiger partial charge < -0.3 is 15.4 Å². The predicted molar refractivity (Wildman–Crippen MR) is 111 cm³/mol. The summed E-state index contributed by atoms with van der Waals surface area (Å²) in [5.41, 5.74) is 1.82. The van der Waals surface area contributed by atoms with Crippen molar-refractivity contribution < 1.29 is 13.9 Å². The third-order valence-electron chi connectivity index (χ3n) is 4.95. The summed E-state index contributed by atoms with van der Waals surface area (Å²) < 4.78 is 18.8. The summed E-state index contributed by atoms with van der Waals surface area (Å²) in [6.45, 7) is 2.99. The zero-order valence-electron chi connectivity index (χ0n) is 16.0. The lowest BCUT2D eigenvalue weighted by atomic mass is 9.93. The van der Waals surface area contributed by atoms with Gasteiger partial charge in [0.15, 0.2) is 0 Å². The summed E-state index contributed by atoms with van der Waals surface area (Å²) in [6.07, 6.45) is 3.91. The van der Waals surface area contributed by atoms with E-state index in [1.165, 1.54) is 25.0 Å². The van der Waals surface area contributed by atoms with Crippen molar-refractivity contribution in [2.75, 3.05) is 13.1 Å². The van der Waals surface area contributed by atoms with Crippen molar-refractivity contribution in [1.82, 2.24) is 10.6 Å². The highest BCUT2D eigenvalue weighted by atomic mass is 35.5. The van der Waals surface area contributed by atoms with Gasteiger partial charge in [0.05, 0.1) is 0 Å². The monoisotopic (exact) mass is 406 g/mol. The van der Waals surface area contributed by atoms with Crippen LogP contribution in [0.15, 0.2) is 48.5 Å². The summed E-state index contributed by atoms with van der Waals surface area (Å²) in [5, 5.41) is 6.33. The van der Waals surface area contributed by atoms with E-state index in [-0.39, 0.29) is 24.1 Å². The average molecular weight is 407 g/mol. The van der Waals surface area contributed by atoms with Crippen LogP contribution in [0.25, 0.3) is 0 Å². The second kappa shape index (κ2) is 11.7. The van der Waals surface area contributed by atoms with Crippen LogP contribution in [0.5, 0.6) is 5.75 Å². The Morgan fingerprint density at radius 1 is 1.11 bits per heavy atom. The minimum absolute atomic E-state index is 0. The van der Waals surface area contributed by atoms with Gasteiger partial charge in [-0.15, -0.1) is 12.4 Å². The molecule has 1 aliphatic heterocycles. The van der Waals surface area contributed by atoms with E-state index < -0.39 is 0 Å². The Kier molecular flexibility index (Phi) is 9.24. The molecule has 6 heteroatoms. The highest BCUT2D eigenvalue weighted by Gasteiger charge is 2.14. The van der Waals surface area contributed by atoms with Gasteiger partial charge in [-0.2, -0.15) is 0 Å². The van der Waals surface area contributed by atoms with Crippen molar-refractivity contribution in [2.24, 2.45) is 5.92 Å². The van der Waals surface area contributed by atoms with Gasteiger partial charge in [-0.25, -0.2) is 4.39 Å². The number of carbonyl (C=O) groups excluding carboxylic acids is 1. The lowest BCUT2D eigenvalue weighted by Gasteiger charge is -2.22. The van der Waals surface area contributed by atoms with Gasteiger partial charge in [-0.3, -0.25) is 4.79 Å². The molecular weight excluding hydrogens is 379 g/mol. The Bertz CT molecular complexity index is 734. The van der Waals surface area contributed by atoms with E-state index in [0.717, 1.165) is 36.4 Å². The van der Waals surface area contributed by atoms with Crippen LogP contribution in [0.1, 0.15) is 36.8 Å². The number of halogens is 2. The van der Waals surface area contributed by atoms with E-state index in [4.69, 9.17) is 4.74 Å². The molecule has 3 rings (SSSR count). The molecule has 1 fully saturated rings. The first-order valence-corrected chi connectivity index (χ1v) is 9.62. The van der Waals surface area contributed by atoms with E-state index in [9.17, 15) is 9.18 Å². The molecule has 0 aromatic heterocycles. The van der Waals surface area contributed by atoms with Crippen molar-refractivity contribution >= 4 is 18.3 Å². The Hall–Kier alpha value is -2.11. The van der Waals surface area contributed by atoms with Crippen LogP contribution < -0.4 is 15.4 Å². The van der Waals surface area contributed by atoms with Gasteiger partial charge in [0.1, 0.15) is 18.2 Å². The molecule has 1 heterocycles. The molecule has 4 nitrogen and oxygen atoms in total. The van der Waals surface area contributed by atoms with Crippen molar-refractivity contribution in [1.29, 1.82) is 0 Å². The summed E-state index contributed by atoms with van der Waals surface area (Å²) in [5.74, 6) is 1.24. The van der Waals surface area contributed by atoms with Crippen LogP contribution in [0, 0.1) is 11.7 Å². The van der Waals surface area contributed by atoms with Crippen LogP contribution in [-0.2, 0) is 17.9 Å². The third kappa shape index (κ3) is 7.49.